The third-order valence-corrected chi connectivity index (χ3v) is 3.33. The average molecular weight is 286 g/mol. The Morgan fingerprint density at radius 2 is 2.10 bits per heavy atom. The molecule has 2 rings (SSSR count). The van der Waals surface area contributed by atoms with Crippen molar-refractivity contribution in [2.75, 3.05) is 11.9 Å². The molecule has 1 heterocycles. The lowest BCUT2D eigenvalue weighted by atomic mass is 10.1. The molecule has 0 fully saturated rings. The monoisotopic (exact) mass is 286 g/mol. The molecule has 1 atom stereocenters. The standard InChI is InChI=1S/C16H22N4O/c1-2-9-20-10-8-18-15(16(20)21)19-14(12-17)11-13-6-4-3-5-7-13/h3-8,10,14H,2,9,11-12,17H2,1H3,(H,18,19). The summed E-state index contributed by atoms with van der Waals surface area (Å²) < 4.78 is 1.67. The Hall–Kier alpha value is -2.14. The Labute approximate surface area is 124 Å². The van der Waals surface area contributed by atoms with Crippen LogP contribution in [-0.2, 0) is 13.0 Å². The summed E-state index contributed by atoms with van der Waals surface area (Å²) in [7, 11) is 0. The first-order valence-corrected chi connectivity index (χ1v) is 7.30. The number of benzene rings is 1. The molecule has 0 aliphatic carbocycles. The zero-order chi connectivity index (χ0) is 15.1. The second-order valence-electron chi connectivity index (χ2n) is 5.04. The number of nitrogens with one attached hydrogen (secondary N) is 1. The van der Waals surface area contributed by atoms with Gasteiger partial charge in [-0.2, -0.15) is 0 Å². The molecule has 0 saturated heterocycles. The van der Waals surface area contributed by atoms with Crippen molar-refractivity contribution in [2.24, 2.45) is 5.73 Å². The maximum Gasteiger partial charge on any atom is 0.293 e. The fourth-order valence-electron chi connectivity index (χ4n) is 2.25. The first-order chi connectivity index (χ1) is 10.2. The van der Waals surface area contributed by atoms with Gasteiger partial charge in [-0.25, -0.2) is 4.98 Å². The van der Waals surface area contributed by atoms with Gasteiger partial charge in [0.15, 0.2) is 5.82 Å². The highest BCUT2D eigenvalue weighted by Crippen LogP contribution is 2.06. The van der Waals surface area contributed by atoms with Gasteiger partial charge in [0.25, 0.3) is 5.56 Å². The Morgan fingerprint density at radius 3 is 2.76 bits per heavy atom. The van der Waals surface area contributed by atoms with Crippen LogP contribution in [0.25, 0.3) is 0 Å². The van der Waals surface area contributed by atoms with Crippen LogP contribution in [-0.4, -0.2) is 22.1 Å². The fourth-order valence-corrected chi connectivity index (χ4v) is 2.25. The minimum Gasteiger partial charge on any atom is -0.361 e. The minimum atomic E-state index is -0.0918. The zero-order valence-corrected chi connectivity index (χ0v) is 12.3. The number of anilines is 1. The van der Waals surface area contributed by atoms with Gasteiger partial charge in [0.05, 0.1) is 0 Å². The van der Waals surface area contributed by atoms with Gasteiger partial charge in [0.1, 0.15) is 0 Å². The maximum absolute atomic E-state index is 12.3. The van der Waals surface area contributed by atoms with Crippen LogP contribution in [0.15, 0.2) is 47.5 Å². The molecule has 0 aliphatic heterocycles. The van der Waals surface area contributed by atoms with Crippen LogP contribution in [0.3, 0.4) is 0 Å². The molecule has 0 spiro atoms. The van der Waals surface area contributed by atoms with Crippen molar-refractivity contribution in [2.45, 2.75) is 32.4 Å². The largest absolute Gasteiger partial charge is 0.361 e. The van der Waals surface area contributed by atoms with Crippen LogP contribution in [0.1, 0.15) is 18.9 Å². The summed E-state index contributed by atoms with van der Waals surface area (Å²) in [6.45, 7) is 3.18. The molecular formula is C16H22N4O. The van der Waals surface area contributed by atoms with E-state index in [1.54, 1.807) is 17.0 Å². The summed E-state index contributed by atoms with van der Waals surface area (Å²) in [5.41, 5.74) is 6.91. The number of nitrogens with zero attached hydrogens (tertiary/aromatic N) is 2. The van der Waals surface area contributed by atoms with Crippen LogP contribution in [0.2, 0.25) is 0 Å². The average Bonchev–Trinajstić information content (AvgIpc) is 2.51. The predicted molar refractivity (Wildman–Crippen MR) is 85.4 cm³/mol. The molecule has 21 heavy (non-hydrogen) atoms. The summed E-state index contributed by atoms with van der Waals surface area (Å²) >= 11 is 0. The van der Waals surface area contributed by atoms with E-state index in [4.69, 9.17) is 5.73 Å². The quantitative estimate of drug-likeness (QED) is 0.811. The van der Waals surface area contributed by atoms with Crippen LogP contribution in [0.5, 0.6) is 0 Å². The van der Waals surface area contributed by atoms with Gasteiger partial charge in [-0.1, -0.05) is 37.3 Å². The SMILES string of the molecule is CCCn1ccnc(NC(CN)Cc2ccccc2)c1=O. The molecule has 2 aromatic rings. The van der Waals surface area contributed by atoms with E-state index in [2.05, 4.69) is 22.4 Å². The molecule has 0 bridgehead atoms. The summed E-state index contributed by atoms with van der Waals surface area (Å²) in [5.74, 6) is 0.373. The minimum absolute atomic E-state index is 0.00919. The van der Waals surface area contributed by atoms with Crippen molar-refractivity contribution in [1.29, 1.82) is 0 Å². The van der Waals surface area contributed by atoms with Crippen molar-refractivity contribution in [1.82, 2.24) is 9.55 Å². The Kier molecular flexibility index (Phi) is 5.51. The van der Waals surface area contributed by atoms with E-state index in [9.17, 15) is 4.79 Å². The summed E-state index contributed by atoms with van der Waals surface area (Å²) in [6.07, 6.45) is 5.04. The van der Waals surface area contributed by atoms with E-state index in [0.29, 0.717) is 18.9 Å². The van der Waals surface area contributed by atoms with Gasteiger partial charge in [-0.05, 0) is 18.4 Å². The lowest BCUT2D eigenvalue weighted by Crippen LogP contribution is -2.35. The molecule has 5 heteroatoms. The molecule has 0 saturated carbocycles. The fraction of sp³-hybridized carbons (Fsp3) is 0.375. The van der Waals surface area contributed by atoms with Crippen molar-refractivity contribution in [3.05, 3.63) is 58.6 Å². The highest BCUT2D eigenvalue weighted by molar-refractivity contribution is 5.33. The van der Waals surface area contributed by atoms with Gasteiger partial charge in [0, 0.05) is 31.5 Å². The highest BCUT2D eigenvalue weighted by atomic mass is 16.1. The lowest BCUT2D eigenvalue weighted by molar-refractivity contribution is 0.643. The molecule has 3 N–H and O–H groups in total. The van der Waals surface area contributed by atoms with E-state index in [1.807, 2.05) is 25.1 Å². The highest BCUT2D eigenvalue weighted by Gasteiger charge is 2.11. The van der Waals surface area contributed by atoms with E-state index in [0.717, 1.165) is 12.8 Å². The van der Waals surface area contributed by atoms with Crippen molar-refractivity contribution in [3.8, 4) is 0 Å². The van der Waals surface area contributed by atoms with Crippen molar-refractivity contribution < 1.29 is 0 Å². The van der Waals surface area contributed by atoms with E-state index < -0.39 is 0 Å². The molecular weight excluding hydrogens is 264 g/mol. The van der Waals surface area contributed by atoms with E-state index in [-0.39, 0.29) is 11.6 Å². The second kappa shape index (κ2) is 7.59. The van der Waals surface area contributed by atoms with Gasteiger partial charge in [0.2, 0.25) is 0 Å². The van der Waals surface area contributed by atoms with Crippen LogP contribution in [0, 0.1) is 0 Å². The van der Waals surface area contributed by atoms with E-state index >= 15 is 0 Å². The third kappa shape index (κ3) is 4.16. The summed E-state index contributed by atoms with van der Waals surface area (Å²) in [5, 5.41) is 3.17. The maximum atomic E-state index is 12.3. The van der Waals surface area contributed by atoms with Crippen molar-refractivity contribution >= 4 is 5.82 Å². The lowest BCUT2D eigenvalue weighted by Gasteiger charge is -2.17. The molecule has 0 aliphatic rings. The van der Waals surface area contributed by atoms with Gasteiger partial charge in [-0.15, -0.1) is 0 Å². The van der Waals surface area contributed by atoms with Crippen LogP contribution < -0.4 is 16.6 Å². The zero-order valence-electron chi connectivity index (χ0n) is 12.3. The summed E-state index contributed by atoms with van der Waals surface area (Å²) in [6, 6.07) is 10.1. The topological polar surface area (TPSA) is 72.9 Å². The number of rotatable bonds is 7. The predicted octanol–water partition coefficient (Wildman–Crippen LogP) is 1.64. The number of aromatic nitrogens is 2. The Bertz CT molecular complexity index is 609. The first-order valence-electron chi connectivity index (χ1n) is 7.30. The summed E-state index contributed by atoms with van der Waals surface area (Å²) in [4.78, 5) is 16.4. The molecule has 0 amide bonds. The van der Waals surface area contributed by atoms with Crippen LogP contribution in [0.4, 0.5) is 5.82 Å². The van der Waals surface area contributed by atoms with Gasteiger partial charge in [-0.3, -0.25) is 4.79 Å². The normalized spacial score (nSPS) is 12.1. The first kappa shape index (κ1) is 15.3. The third-order valence-electron chi connectivity index (χ3n) is 3.33. The van der Waals surface area contributed by atoms with Gasteiger partial charge < -0.3 is 15.6 Å². The van der Waals surface area contributed by atoms with Crippen molar-refractivity contribution in [3.63, 3.8) is 0 Å². The molecule has 1 unspecified atom stereocenters. The Morgan fingerprint density at radius 1 is 1.33 bits per heavy atom. The molecule has 0 radical (unpaired) electrons. The second-order valence-corrected chi connectivity index (χ2v) is 5.04. The number of nitrogens with two attached hydrogens (primary N) is 1. The van der Waals surface area contributed by atoms with E-state index in [1.165, 1.54) is 5.56 Å². The van der Waals surface area contributed by atoms with Crippen LogP contribution >= 0.6 is 0 Å². The molecule has 1 aromatic heterocycles. The molecule has 112 valence electrons. The molecule has 1 aromatic carbocycles. The molecule has 5 nitrogen and oxygen atoms in total. The Balaban J connectivity index is 2.12. The number of aryl methyl sites for hydroxylation is 1. The number of hydrogen-bond donors (Lipinski definition) is 2. The van der Waals surface area contributed by atoms with Gasteiger partial charge >= 0.3 is 0 Å². The number of hydrogen-bond acceptors (Lipinski definition) is 4. The smallest absolute Gasteiger partial charge is 0.293 e.